The Labute approximate surface area is 124 Å². The molecule has 4 nitrogen and oxygen atoms in total. The predicted octanol–water partition coefficient (Wildman–Crippen LogP) is 3.40. The molecule has 2 aromatic carbocycles. The van der Waals surface area contributed by atoms with Gasteiger partial charge in [0.15, 0.2) is 0 Å². The lowest BCUT2D eigenvalue weighted by Gasteiger charge is -2.39. The van der Waals surface area contributed by atoms with Crippen molar-refractivity contribution in [2.75, 3.05) is 17.7 Å². The van der Waals surface area contributed by atoms with E-state index in [0.29, 0.717) is 12.2 Å². The first-order valence-electron chi connectivity index (χ1n) is 7.05. The molecule has 2 aromatic rings. The molecule has 0 aliphatic carbocycles. The molecule has 2 amide bonds. The maximum Gasteiger partial charge on any atom is 0.325 e. The summed E-state index contributed by atoms with van der Waals surface area (Å²) in [5, 5.41) is 0. The van der Waals surface area contributed by atoms with E-state index < -0.39 is 0 Å². The molecule has 0 spiro atoms. The summed E-state index contributed by atoms with van der Waals surface area (Å²) in [5.74, 6) is 0. The van der Waals surface area contributed by atoms with Crippen molar-refractivity contribution in [2.24, 2.45) is 0 Å². The van der Waals surface area contributed by atoms with Crippen LogP contribution in [0.1, 0.15) is 24.1 Å². The average Bonchev–Trinajstić information content (AvgIpc) is 2.50. The van der Waals surface area contributed by atoms with Gasteiger partial charge < -0.3 is 10.6 Å². The fourth-order valence-electron chi connectivity index (χ4n) is 2.73. The number of urea groups is 1. The molecule has 1 aliphatic heterocycles. The van der Waals surface area contributed by atoms with E-state index in [2.05, 4.69) is 0 Å². The Morgan fingerprint density at radius 2 is 1.86 bits per heavy atom. The lowest BCUT2D eigenvalue weighted by Crippen LogP contribution is -2.46. The van der Waals surface area contributed by atoms with Crippen LogP contribution in [0, 0.1) is 0 Å². The summed E-state index contributed by atoms with van der Waals surface area (Å²) in [4.78, 5) is 16.2. The van der Waals surface area contributed by atoms with Gasteiger partial charge in [-0.3, -0.25) is 4.90 Å². The quantitative estimate of drug-likeness (QED) is 0.858. The number of benzene rings is 2. The van der Waals surface area contributed by atoms with E-state index in [4.69, 9.17) is 5.73 Å². The Balaban J connectivity index is 2.05. The third-order valence-corrected chi connectivity index (χ3v) is 4.09. The standard InChI is InChI=1S/C17H19N3O/c1-12-15-9-8-14(18)10-16(15)20(17(21)19(12)2)11-13-6-4-3-5-7-13/h3-10,12H,11,18H2,1-2H3. The molecule has 0 aromatic heterocycles. The van der Waals surface area contributed by atoms with Crippen molar-refractivity contribution in [2.45, 2.75) is 19.5 Å². The van der Waals surface area contributed by atoms with Crippen LogP contribution in [0.2, 0.25) is 0 Å². The third kappa shape index (κ3) is 2.33. The monoisotopic (exact) mass is 281 g/mol. The Bertz CT molecular complexity index is 669. The third-order valence-electron chi connectivity index (χ3n) is 4.09. The van der Waals surface area contributed by atoms with Gasteiger partial charge in [-0.1, -0.05) is 36.4 Å². The van der Waals surface area contributed by atoms with Gasteiger partial charge in [0.1, 0.15) is 0 Å². The summed E-state index contributed by atoms with van der Waals surface area (Å²) in [5.41, 5.74) is 9.73. The lowest BCUT2D eigenvalue weighted by molar-refractivity contribution is 0.196. The Kier molecular flexibility index (Phi) is 3.29. The molecule has 1 atom stereocenters. The minimum absolute atomic E-state index is 0.00412. The second-order valence-electron chi connectivity index (χ2n) is 5.46. The van der Waals surface area contributed by atoms with Crippen molar-refractivity contribution >= 4 is 17.4 Å². The first kappa shape index (κ1) is 13.5. The SMILES string of the molecule is CC1c2ccc(N)cc2N(Cc2ccccc2)C(=O)N1C. The summed E-state index contributed by atoms with van der Waals surface area (Å²) in [6, 6.07) is 15.8. The summed E-state index contributed by atoms with van der Waals surface area (Å²) < 4.78 is 0. The molecular formula is C17H19N3O. The molecule has 0 bridgehead atoms. The van der Waals surface area contributed by atoms with Crippen molar-refractivity contribution in [1.29, 1.82) is 0 Å². The van der Waals surface area contributed by atoms with Gasteiger partial charge in [-0.05, 0) is 30.2 Å². The topological polar surface area (TPSA) is 49.6 Å². The molecule has 3 rings (SSSR count). The maximum atomic E-state index is 12.6. The van der Waals surface area contributed by atoms with Crippen molar-refractivity contribution < 1.29 is 4.79 Å². The van der Waals surface area contributed by atoms with Crippen molar-refractivity contribution in [3.63, 3.8) is 0 Å². The predicted molar refractivity (Wildman–Crippen MR) is 85.1 cm³/mol. The molecule has 1 unspecified atom stereocenters. The molecule has 0 fully saturated rings. The number of rotatable bonds is 2. The largest absolute Gasteiger partial charge is 0.399 e. The van der Waals surface area contributed by atoms with Crippen LogP contribution >= 0.6 is 0 Å². The smallest absolute Gasteiger partial charge is 0.325 e. The van der Waals surface area contributed by atoms with Crippen LogP contribution < -0.4 is 10.6 Å². The normalized spacial score (nSPS) is 17.8. The number of anilines is 2. The molecule has 0 saturated carbocycles. The van der Waals surface area contributed by atoms with Crippen molar-refractivity contribution in [1.82, 2.24) is 4.90 Å². The van der Waals surface area contributed by atoms with E-state index in [0.717, 1.165) is 16.8 Å². The second-order valence-corrected chi connectivity index (χ2v) is 5.46. The number of hydrogen-bond donors (Lipinski definition) is 1. The van der Waals surface area contributed by atoms with Crippen LogP contribution in [0.15, 0.2) is 48.5 Å². The molecule has 1 heterocycles. The van der Waals surface area contributed by atoms with Crippen LogP contribution in [0.5, 0.6) is 0 Å². The number of hydrogen-bond acceptors (Lipinski definition) is 2. The molecule has 0 radical (unpaired) electrons. The second kappa shape index (κ2) is 5.13. The first-order chi connectivity index (χ1) is 10.1. The van der Waals surface area contributed by atoms with Gasteiger partial charge >= 0.3 is 6.03 Å². The summed E-state index contributed by atoms with van der Waals surface area (Å²) in [6.07, 6.45) is 0. The maximum absolute atomic E-state index is 12.6. The van der Waals surface area contributed by atoms with E-state index in [1.54, 1.807) is 9.80 Å². The lowest BCUT2D eigenvalue weighted by atomic mass is 10.0. The fraction of sp³-hybridized carbons (Fsp3) is 0.235. The molecule has 21 heavy (non-hydrogen) atoms. The van der Waals surface area contributed by atoms with Gasteiger partial charge in [0.25, 0.3) is 0 Å². The van der Waals surface area contributed by atoms with E-state index in [1.807, 2.05) is 62.5 Å². The number of carbonyl (C=O) groups excluding carboxylic acids is 1. The molecule has 4 heteroatoms. The molecule has 0 saturated heterocycles. The van der Waals surface area contributed by atoms with Crippen LogP contribution in [0.4, 0.5) is 16.2 Å². The van der Waals surface area contributed by atoms with Crippen LogP contribution in [-0.4, -0.2) is 18.0 Å². The highest BCUT2D eigenvalue weighted by Crippen LogP contribution is 2.37. The molecule has 2 N–H and O–H groups in total. The Hall–Kier alpha value is -2.49. The van der Waals surface area contributed by atoms with Crippen LogP contribution in [-0.2, 0) is 6.54 Å². The minimum Gasteiger partial charge on any atom is -0.399 e. The van der Waals surface area contributed by atoms with Crippen LogP contribution in [0.25, 0.3) is 0 Å². The van der Waals surface area contributed by atoms with E-state index in [1.165, 1.54) is 0 Å². The number of carbonyl (C=O) groups is 1. The molecule has 108 valence electrons. The zero-order valence-electron chi connectivity index (χ0n) is 12.3. The Morgan fingerprint density at radius 3 is 2.57 bits per heavy atom. The highest BCUT2D eigenvalue weighted by atomic mass is 16.2. The summed E-state index contributed by atoms with van der Waals surface area (Å²) >= 11 is 0. The molecular weight excluding hydrogens is 262 g/mol. The van der Waals surface area contributed by atoms with Crippen molar-refractivity contribution in [3.8, 4) is 0 Å². The van der Waals surface area contributed by atoms with Gasteiger partial charge in [0, 0.05) is 12.7 Å². The van der Waals surface area contributed by atoms with Gasteiger partial charge in [0.05, 0.1) is 18.3 Å². The van der Waals surface area contributed by atoms with E-state index >= 15 is 0 Å². The fourth-order valence-corrected chi connectivity index (χ4v) is 2.73. The highest BCUT2D eigenvalue weighted by Gasteiger charge is 2.32. The summed E-state index contributed by atoms with van der Waals surface area (Å²) in [6.45, 7) is 2.58. The average molecular weight is 281 g/mol. The zero-order chi connectivity index (χ0) is 15.0. The molecule has 1 aliphatic rings. The number of fused-ring (bicyclic) bond motifs is 1. The summed E-state index contributed by atoms with van der Waals surface area (Å²) in [7, 11) is 1.84. The highest BCUT2D eigenvalue weighted by molar-refractivity contribution is 5.95. The number of nitrogen functional groups attached to an aromatic ring is 1. The zero-order valence-corrected chi connectivity index (χ0v) is 12.3. The van der Waals surface area contributed by atoms with E-state index in [9.17, 15) is 4.79 Å². The van der Waals surface area contributed by atoms with Gasteiger partial charge in [-0.2, -0.15) is 0 Å². The Morgan fingerprint density at radius 1 is 1.14 bits per heavy atom. The van der Waals surface area contributed by atoms with Crippen molar-refractivity contribution in [3.05, 3.63) is 59.7 Å². The van der Waals surface area contributed by atoms with E-state index in [-0.39, 0.29) is 12.1 Å². The first-order valence-corrected chi connectivity index (χ1v) is 7.05. The minimum atomic E-state index is 0.00412. The number of nitrogens with two attached hydrogens (primary N) is 1. The number of nitrogens with zero attached hydrogens (tertiary/aromatic N) is 2. The van der Waals surface area contributed by atoms with Gasteiger partial charge in [-0.15, -0.1) is 0 Å². The number of amides is 2. The van der Waals surface area contributed by atoms with Gasteiger partial charge in [-0.25, -0.2) is 4.79 Å². The van der Waals surface area contributed by atoms with Gasteiger partial charge in [0.2, 0.25) is 0 Å². The van der Waals surface area contributed by atoms with Crippen LogP contribution in [0.3, 0.4) is 0 Å².